The molecule has 3 N–H and O–H groups in total. The van der Waals surface area contributed by atoms with Gasteiger partial charge in [-0.25, -0.2) is 18.4 Å². The highest BCUT2D eigenvalue weighted by atomic mass is 19.1. The van der Waals surface area contributed by atoms with Crippen LogP contribution in [0.2, 0.25) is 0 Å². The summed E-state index contributed by atoms with van der Waals surface area (Å²) in [6, 6.07) is 10.2. The third-order valence-corrected chi connectivity index (χ3v) is 9.14. The third kappa shape index (κ3) is 6.85. The van der Waals surface area contributed by atoms with Crippen molar-refractivity contribution in [2.24, 2.45) is 0 Å². The first kappa shape index (κ1) is 32.5. The summed E-state index contributed by atoms with van der Waals surface area (Å²) in [6.45, 7) is 14.6. The highest BCUT2D eigenvalue weighted by Gasteiger charge is 2.63. The molecule has 0 unspecified atom stereocenters. The molecule has 42 heavy (non-hydrogen) atoms. The molecule has 2 saturated heterocycles. The van der Waals surface area contributed by atoms with E-state index >= 15 is 4.39 Å². The average molecular weight is 593 g/mol. The van der Waals surface area contributed by atoms with E-state index < -0.39 is 45.8 Å². The number of carbonyl (C=O) groups is 2. The molecule has 4 fully saturated rings. The van der Waals surface area contributed by atoms with E-state index in [9.17, 15) is 14.0 Å². The molecule has 8 nitrogen and oxygen atoms in total. The molecule has 5 rings (SSSR count). The van der Waals surface area contributed by atoms with Crippen LogP contribution in [0.5, 0.6) is 0 Å². The van der Waals surface area contributed by atoms with Crippen molar-refractivity contribution in [1.82, 2.24) is 20.9 Å². The molecule has 2 amide bonds. The maximum absolute atomic E-state index is 15.8. The molecule has 1 aromatic rings. The molecule has 236 valence electrons. The Labute approximate surface area is 249 Å². The smallest absolute Gasteiger partial charge is 0.408 e. The minimum absolute atomic E-state index is 0.108. The van der Waals surface area contributed by atoms with Crippen molar-refractivity contribution < 1.29 is 27.8 Å². The summed E-state index contributed by atoms with van der Waals surface area (Å²) in [5.74, 6) is 0. The summed E-state index contributed by atoms with van der Waals surface area (Å²) in [7, 11) is 0. The zero-order valence-electron chi connectivity index (χ0n) is 26.4. The number of ether oxygens (including phenoxy) is 2. The fourth-order valence-corrected chi connectivity index (χ4v) is 7.07. The van der Waals surface area contributed by atoms with Gasteiger partial charge < -0.3 is 25.4 Å². The summed E-state index contributed by atoms with van der Waals surface area (Å²) >= 11 is 0. The summed E-state index contributed by atoms with van der Waals surface area (Å²) in [6.07, 6.45) is 2.89. The molecule has 0 radical (unpaired) electrons. The highest BCUT2D eigenvalue weighted by molar-refractivity contribution is 5.70. The molecule has 2 heterocycles. The second kappa shape index (κ2) is 11.6. The molecule has 10 heteroatoms. The van der Waals surface area contributed by atoms with E-state index in [0.717, 1.165) is 12.8 Å². The minimum Gasteiger partial charge on any atom is -0.444 e. The van der Waals surface area contributed by atoms with Crippen LogP contribution in [0.3, 0.4) is 0 Å². The third-order valence-electron chi connectivity index (χ3n) is 9.14. The monoisotopic (exact) mass is 592 g/mol. The van der Waals surface area contributed by atoms with Crippen LogP contribution in [-0.4, -0.2) is 76.9 Å². The zero-order valence-corrected chi connectivity index (χ0v) is 26.4. The number of hydrogen-bond donors (Lipinski definition) is 3. The Balaban J connectivity index is 0.000000208. The first-order chi connectivity index (χ1) is 19.4. The number of nitrogens with zero attached hydrogens (tertiary/aromatic N) is 1. The van der Waals surface area contributed by atoms with E-state index in [0.29, 0.717) is 51.9 Å². The second-order valence-electron chi connectivity index (χ2n) is 14.7. The number of nitrogens with one attached hydrogen (secondary N) is 3. The van der Waals surface area contributed by atoms with Gasteiger partial charge in [0.15, 0.2) is 0 Å². The van der Waals surface area contributed by atoms with E-state index in [4.69, 9.17) is 9.47 Å². The van der Waals surface area contributed by atoms with Crippen LogP contribution in [0.15, 0.2) is 30.3 Å². The van der Waals surface area contributed by atoms with Gasteiger partial charge in [0.25, 0.3) is 0 Å². The predicted molar refractivity (Wildman–Crippen MR) is 159 cm³/mol. The van der Waals surface area contributed by atoms with E-state index in [1.165, 1.54) is 5.56 Å². The van der Waals surface area contributed by atoms with Crippen molar-refractivity contribution in [3.8, 4) is 0 Å². The first-order valence-electron chi connectivity index (χ1n) is 15.3. The van der Waals surface area contributed by atoms with E-state index in [2.05, 4.69) is 39.9 Å². The Hall–Kier alpha value is -2.46. The number of rotatable bonds is 4. The fourth-order valence-electron chi connectivity index (χ4n) is 7.07. The van der Waals surface area contributed by atoms with Crippen molar-refractivity contribution in [1.29, 1.82) is 0 Å². The number of amides is 2. The maximum Gasteiger partial charge on any atom is 0.408 e. The van der Waals surface area contributed by atoms with Crippen molar-refractivity contribution in [2.45, 2.75) is 127 Å². The van der Waals surface area contributed by atoms with Crippen LogP contribution in [-0.2, 0) is 9.47 Å². The quantitative estimate of drug-likeness (QED) is 0.400. The lowest BCUT2D eigenvalue weighted by Crippen LogP contribution is -2.59. The number of likely N-dealkylation sites (tertiary alicyclic amines) is 1. The number of hydrogen-bond acceptors (Lipinski definition) is 6. The molecule has 4 aliphatic rings. The van der Waals surface area contributed by atoms with Gasteiger partial charge in [-0.1, -0.05) is 30.3 Å². The SMILES string of the molecule is CC(C)(C)OC(=O)N[C@@]12CCC[C@]1(F)CNC2.C[C@H](c1ccccc1)N1C[C@@]2(F)CCC[C@@]2(NC(=O)OC(C)(C)C)C1. The molecule has 2 aliphatic heterocycles. The standard InChI is InChI=1S/C20H29FN2O2.C12H21FN2O2/c1-15(16-9-6-5-7-10-16)23-13-19(21)11-8-12-20(19,14-23)22-17(24)25-18(2,3)4;1-10(2,3)17-9(16)15-12-6-4-5-11(12,13)7-14-8-12/h5-7,9-10,15H,8,11-14H2,1-4H3,(H,22,24);14H,4-8H2,1-3H3,(H,15,16)/t15-,19+,20-;11-,12+/m10/s1. The average Bonchev–Trinajstić information content (AvgIpc) is 3.50. The second-order valence-corrected chi connectivity index (χ2v) is 14.7. The van der Waals surface area contributed by atoms with Crippen molar-refractivity contribution >= 4 is 12.2 Å². The van der Waals surface area contributed by atoms with Crippen LogP contribution >= 0.6 is 0 Å². The number of alkyl carbamates (subject to hydrolysis) is 2. The van der Waals surface area contributed by atoms with Crippen LogP contribution in [0, 0.1) is 0 Å². The Morgan fingerprint density at radius 2 is 1.33 bits per heavy atom. The molecule has 2 saturated carbocycles. The zero-order chi connectivity index (χ0) is 31.0. The van der Waals surface area contributed by atoms with Gasteiger partial charge in [0.05, 0.1) is 11.1 Å². The number of fused-ring (bicyclic) bond motifs is 2. The highest BCUT2D eigenvalue weighted by Crippen LogP contribution is 2.50. The van der Waals surface area contributed by atoms with Gasteiger partial charge in [-0.15, -0.1) is 0 Å². The lowest BCUT2D eigenvalue weighted by Gasteiger charge is -2.35. The molecule has 0 spiro atoms. The Morgan fingerprint density at radius 1 is 0.810 bits per heavy atom. The summed E-state index contributed by atoms with van der Waals surface area (Å²) in [5.41, 5.74) is -4.30. The Morgan fingerprint density at radius 3 is 1.90 bits per heavy atom. The molecule has 5 atom stereocenters. The van der Waals surface area contributed by atoms with Crippen LogP contribution in [0.25, 0.3) is 0 Å². The normalized spacial score (nSPS) is 33.2. The number of alkyl halides is 2. The molecule has 2 aliphatic carbocycles. The molecular formula is C32H50F2N4O4. The van der Waals surface area contributed by atoms with Crippen LogP contribution in [0.1, 0.15) is 98.6 Å². The number of halogens is 2. The number of benzene rings is 1. The van der Waals surface area contributed by atoms with Crippen LogP contribution in [0.4, 0.5) is 18.4 Å². The minimum atomic E-state index is -1.40. The largest absolute Gasteiger partial charge is 0.444 e. The van der Waals surface area contributed by atoms with Gasteiger partial charge in [0.1, 0.15) is 22.5 Å². The predicted octanol–water partition coefficient (Wildman–Crippen LogP) is 5.96. The number of carbonyl (C=O) groups excluding carboxylic acids is 2. The van der Waals surface area contributed by atoms with E-state index in [1.54, 1.807) is 20.8 Å². The summed E-state index contributed by atoms with van der Waals surface area (Å²) in [5, 5.41) is 8.69. The van der Waals surface area contributed by atoms with E-state index in [1.807, 2.05) is 39.0 Å². The van der Waals surface area contributed by atoms with Crippen molar-refractivity contribution in [3.63, 3.8) is 0 Å². The lowest BCUT2D eigenvalue weighted by molar-refractivity contribution is 0.0326. The van der Waals surface area contributed by atoms with Gasteiger partial charge in [-0.05, 0) is 92.6 Å². The van der Waals surface area contributed by atoms with Crippen molar-refractivity contribution in [2.75, 3.05) is 26.2 Å². The summed E-state index contributed by atoms with van der Waals surface area (Å²) < 4.78 is 41.0. The van der Waals surface area contributed by atoms with Gasteiger partial charge in [-0.3, -0.25) is 4.90 Å². The molecular weight excluding hydrogens is 542 g/mol. The molecule has 0 bridgehead atoms. The summed E-state index contributed by atoms with van der Waals surface area (Å²) in [4.78, 5) is 26.2. The maximum atomic E-state index is 15.8. The Bertz CT molecular complexity index is 1110. The van der Waals surface area contributed by atoms with Gasteiger partial charge >= 0.3 is 12.2 Å². The van der Waals surface area contributed by atoms with Crippen molar-refractivity contribution in [3.05, 3.63) is 35.9 Å². The van der Waals surface area contributed by atoms with Gasteiger partial charge in [0.2, 0.25) is 0 Å². The van der Waals surface area contributed by atoms with Gasteiger partial charge in [-0.2, -0.15) is 0 Å². The Kier molecular flexibility index (Phi) is 8.93. The van der Waals surface area contributed by atoms with Gasteiger partial charge in [0, 0.05) is 32.2 Å². The lowest BCUT2D eigenvalue weighted by atomic mass is 9.88. The topological polar surface area (TPSA) is 91.9 Å². The fraction of sp³-hybridized carbons (Fsp3) is 0.750. The van der Waals surface area contributed by atoms with Crippen LogP contribution < -0.4 is 16.0 Å². The van der Waals surface area contributed by atoms with E-state index in [-0.39, 0.29) is 6.04 Å². The molecule has 1 aromatic carbocycles. The molecule has 0 aromatic heterocycles. The first-order valence-corrected chi connectivity index (χ1v) is 15.3.